The summed E-state index contributed by atoms with van der Waals surface area (Å²) in [6.45, 7) is 1.64. The van der Waals surface area contributed by atoms with Crippen LogP contribution < -0.4 is 0 Å². The number of halogens is 3. The summed E-state index contributed by atoms with van der Waals surface area (Å²) in [7, 11) is -4.63. The molecule has 0 bridgehead atoms. The van der Waals surface area contributed by atoms with E-state index in [-0.39, 0.29) is 16.9 Å². The highest BCUT2D eigenvalue weighted by Crippen LogP contribution is 2.36. The maximum Gasteiger partial charge on any atom is 0.272 e. The minimum absolute atomic E-state index is 0.108. The summed E-state index contributed by atoms with van der Waals surface area (Å²) in [6, 6.07) is 6.97. The van der Waals surface area contributed by atoms with Crippen molar-refractivity contribution in [1.29, 1.82) is 0 Å². The van der Waals surface area contributed by atoms with Gasteiger partial charge in [0, 0.05) is 28.9 Å². The molecule has 0 fully saturated rings. The molecule has 10 heteroatoms. The molecule has 0 aliphatic heterocycles. The zero-order valence-electron chi connectivity index (χ0n) is 14.8. The molecule has 29 heavy (non-hydrogen) atoms. The third kappa shape index (κ3) is 3.12. The van der Waals surface area contributed by atoms with E-state index in [1.54, 1.807) is 13.0 Å². The Labute approximate surface area is 169 Å². The summed E-state index contributed by atoms with van der Waals surface area (Å²) in [4.78, 5) is 7.41. The lowest BCUT2D eigenvalue weighted by Gasteiger charge is -2.14. The number of aromatic nitrogens is 3. The third-order valence-electron chi connectivity index (χ3n) is 4.35. The molecule has 4 aromatic rings. The first-order chi connectivity index (χ1) is 13.7. The number of benzene rings is 2. The molecule has 148 valence electrons. The lowest BCUT2D eigenvalue weighted by molar-refractivity contribution is 0.411. The zero-order chi connectivity index (χ0) is 20.9. The van der Waals surface area contributed by atoms with Crippen molar-refractivity contribution in [1.82, 2.24) is 13.9 Å². The second-order valence-electron chi connectivity index (χ2n) is 6.23. The smallest absolute Gasteiger partial charge is 0.272 e. The third-order valence-corrected chi connectivity index (χ3v) is 6.33. The highest BCUT2D eigenvalue weighted by Gasteiger charge is 2.30. The number of rotatable bonds is 3. The minimum atomic E-state index is -4.63. The van der Waals surface area contributed by atoms with Crippen LogP contribution in [0, 0.1) is 18.6 Å². The van der Waals surface area contributed by atoms with Crippen LogP contribution in [0.15, 0.2) is 53.7 Å². The van der Waals surface area contributed by atoms with Gasteiger partial charge in [-0.25, -0.2) is 21.2 Å². The number of aromatic hydroxyl groups is 1. The van der Waals surface area contributed by atoms with Gasteiger partial charge in [0.1, 0.15) is 16.4 Å². The molecule has 0 radical (unpaired) electrons. The fourth-order valence-corrected chi connectivity index (χ4v) is 4.89. The average Bonchev–Trinajstić information content (AvgIpc) is 3.03. The van der Waals surface area contributed by atoms with Gasteiger partial charge < -0.3 is 5.11 Å². The Morgan fingerprint density at radius 3 is 2.52 bits per heavy atom. The van der Waals surface area contributed by atoms with Crippen molar-refractivity contribution < 1.29 is 22.3 Å². The van der Waals surface area contributed by atoms with E-state index in [0.717, 1.165) is 3.97 Å². The van der Waals surface area contributed by atoms with Crippen molar-refractivity contribution in [2.24, 2.45) is 0 Å². The number of nitrogens with zero attached hydrogens (tertiary/aromatic N) is 3. The van der Waals surface area contributed by atoms with Crippen LogP contribution in [0.2, 0.25) is 5.02 Å². The van der Waals surface area contributed by atoms with Crippen LogP contribution >= 0.6 is 11.6 Å². The van der Waals surface area contributed by atoms with E-state index in [1.807, 2.05) is 0 Å². The van der Waals surface area contributed by atoms with Crippen LogP contribution in [-0.2, 0) is 10.0 Å². The van der Waals surface area contributed by atoms with E-state index in [4.69, 9.17) is 11.6 Å². The van der Waals surface area contributed by atoms with E-state index in [1.165, 1.54) is 30.6 Å². The molecular formula is C19H12ClF2N3O3S. The largest absolute Gasteiger partial charge is 0.504 e. The predicted octanol–water partition coefficient (Wildman–Crippen LogP) is 4.28. The molecule has 0 atom stereocenters. The van der Waals surface area contributed by atoms with Crippen LogP contribution in [0.5, 0.6) is 5.75 Å². The fraction of sp³-hybridized carbons (Fsp3) is 0.0526. The summed E-state index contributed by atoms with van der Waals surface area (Å²) >= 11 is 6.03. The Hall–Kier alpha value is -3.04. The Balaban J connectivity index is 2.13. The summed E-state index contributed by atoms with van der Waals surface area (Å²) in [5.74, 6) is -3.71. The van der Waals surface area contributed by atoms with Crippen molar-refractivity contribution in [3.63, 3.8) is 0 Å². The molecule has 0 amide bonds. The Morgan fingerprint density at radius 1 is 1.07 bits per heavy atom. The standard InChI is InChI=1S/C19H12ClF2N3O3S/c1-10-18(24-5-4-23-10)16-7-11-6-12(20)2-3-15(11)25(16)29(27,28)17-9-13(21)8-14(22)19(17)26/h2-9,26H,1H3. The second-order valence-corrected chi connectivity index (χ2v) is 8.42. The van der Waals surface area contributed by atoms with Gasteiger partial charge in [-0.2, -0.15) is 0 Å². The van der Waals surface area contributed by atoms with Crippen LogP contribution in [0.4, 0.5) is 8.78 Å². The van der Waals surface area contributed by atoms with Gasteiger partial charge in [0.15, 0.2) is 11.6 Å². The molecule has 0 aliphatic rings. The van der Waals surface area contributed by atoms with Crippen molar-refractivity contribution in [3.05, 3.63) is 71.1 Å². The number of hydrogen-bond acceptors (Lipinski definition) is 5. The highest BCUT2D eigenvalue weighted by molar-refractivity contribution is 7.90. The Bertz CT molecular complexity index is 1390. The molecule has 4 rings (SSSR count). The maximum atomic E-state index is 13.9. The van der Waals surface area contributed by atoms with Crippen LogP contribution in [0.1, 0.15) is 5.69 Å². The van der Waals surface area contributed by atoms with Gasteiger partial charge in [-0.1, -0.05) is 11.6 Å². The molecule has 0 saturated carbocycles. The molecular weight excluding hydrogens is 424 g/mol. The quantitative estimate of drug-likeness (QED) is 0.519. The monoisotopic (exact) mass is 435 g/mol. The van der Waals surface area contributed by atoms with Crippen LogP contribution in [0.25, 0.3) is 22.3 Å². The van der Waals surface area contributed by atoms with Gasteiger partial charge in [-0.3, -0.25) is 9.97 Å². The minimum Gasteiger partial charge on any atom is -0.504 e. The molecule has 1 N–H and O–H groups in total. The topological polar surface area (TPSA) is 85.1 Å². The van der Waals surface area contributed by atoms with E-state index >= 15 is 0 Å². The van der Waals surface area contributed by atoms with Crippen molar-refractivity contribution in [3.8, 4) is 17.1 Å². The summed E-state index contributed by atoms with van der Waals surface area (Å²) < 4.78 is 55.3. The van der Waals surface area contributed by atoms with Crippen molar-refractivity contribution >= 4 is 32.5 Å². The lowest BCUT2D eigenvalue weighted by Crippen LogP contribution is -2.15. The predicted molar refractivity (Wildman–Crippen MR) is 103 cm³/mol. The van der Waals surface area contributed by atoms with E-state index in [2.05, 4.69) is 9.97 Å². The SMILES string of the molecule is Cc1nccnc1-c1cc2cc(Cl)ccc2n1S(=O)(=O)c1cc(F)cc(F)c1O. The van der Waals surface area contributed by atoms with Gasteiger partial charge in [0.2, 0.25) is 0 Å². The normalized spacial score (nSPS) is 11.9. The second kappa shape index (κ2) is 6.78. The van der Waals surface area contributed by atoms with E-state index < -0.39 is 32.3 Å². The van der Waals surface area contributed by atoms with Crippen molar-refractivity contribution in [2.75, 3.05) is 0 Å². The molecule has 0 unspecified atom stereocenters. The fourth-order valence-electron chi connectivity index (χ4n) is 3.08. The summed E-state index contributed by atoms with van der Waals surface area (Å²) in [5, 5.41) is 10.8. The molecule has 6 nitrogen and oxygen atoms in total. The molecule has 0 spiro atoms. The Morgan fingerprint density at radius 2 is 1.79 bits per heavy atom. The van der Waals surface area contributed by atoms with Crippen molar-refractivity contribution in [2.45, 2.75) is 11.8 Å². The van der Waals surface area contributed by atoms with Gasteiger partial charge in [-0.05, 0) is 37.3 Å². The van der Waals surface area contributed by atoms with Crippen LogP contribution in [0.3, 0.4) is 0 Å². The van der Waals surface area contributed by atoms with Gasteiger partial charge >= 0.3 is 0 Å². The maximum absolute atomic E-state index is 13.9. The first-order valence-corrected chi connectivity index (χ1v) is 10.0. The number of phenols is 1. The summed E-state index contributed by atoms with van der Waals surface area (Å²) in [6.07, 6.45) is 2.84. The Kier molecular flexibility index (Phi) is 4.51. The van der Waals surface area contributed by atoms with Gasteiger partial charge in [0.25, 0.3) is 10.0 Å². The number of aryl methyl sites for hydroxylation is 1. The molecule has 0 aliphatic carbocycles. The van der Waals surface area contributed by atoms with Crippen LogP contribution in [-0.4, -0.2) is 27.5 Å². The average molecular weight is 436 g/mol. The zero-order valence-corrected chi connectivity index (χ0v) is 16.3. The van der Waals surface area contributed by atoms with Gasteiger partial charge in [0.05, 0.1) is 16.9 Å². The molecule has 0 saturated heterocycles. The highest BCUT2D eigenvalue weighted by atomic mass is 35.5. The van der Waals surface area contributed by atoms with E-state index in [9.17, 15) is 22.3 Å². The number of phenolic OH excluding ortho intramolecular Hbond substituents is 1. The molecule has 2 aromatic heterocycles. The van der Waals surface area contributed by atoms with E-state index in [0.29, 0.717) is 28.2 Å². The van der Waals surface area contributed by atoms with Gasteiger partial charge in [-0.15, -0.1) is 0 Å². The lowest BCUT2D eigenvalue weighted by atomic mass is 10.2. The first-order valence-electron chi connectivity index (χ1n) is 8.22. The number of fused-ring (bicyclic) bond motifs is 1. The number of hydrogen-bond donors (Lipinski definition) is 1. The molecule has 2 heterocycles. The molecule has 2 aromatic carbocycles. The first kappa shape index (κ1) is 19.3. The summed E-state index contributed by atoms with van der Waals surface area (Å²) in [5.41, 5.74) is 0.989.